The molecule has 0 spiro atoms. The smallest absolute Gasteiger partial charge is 0.304 e. The monoisotopic (exact) mass is 390 g/mol. The van der Waals surface area contributed by atoms with Gasteiger partial charge in [0.15, 0.2) is 13.1 Å². The molecule has 0 aliphatic rings. The fraction of sp³-hybridized carbons (Fsp3) is 0.240. The number of carbonyl (C=O) groups is 1. The third-order valence-corrected chi connectivity index (χ3v) is 4.70. The molecule has 3 rings (SSSR count). The molecule has 1 unspecified atom stereocenters. The third-order valence-electron chi connectivity index (χ3n) is 4.70. The fourth-order valence-electron chi connectivity index (χ4n) is 3.35. The number of benzene rings is 3. The molecule has 4 nitrogen and oxygen atoms in total. The summed E-state index contributed by atoms with van der Waals surface area (Å²) in [6.45, 7) is 3.18. The van der Waals surface area contributed by atoms with Crippen molar-refractivity contribution in [1.29, 1.82) is 0 Å². The first kappa shape index (κ1) is 20.8. The summed E-state index contributed by atoms with van der Waals surface area (Å²) in [7, 11) is 0. The molecule has 0 aliphatic heterocycles. The lowest BCUT2D eigenvalue weighted by Gasteiger charge is -2.38. The van der Waals surface area contributed by atoms with Crippen molar-refractivity contribution in [2.24, 2.45) is 0 Å². The van der Waals surface area contributed by atoms with E-state index < -0.39 is 11.9 Å². The number of hydrogen-bond donors (Lipinski definition) is 0. The maximum Gasteiger partial charge on any atom is 0.304 e. The summed E-state index contributed by atoms with van der Waals surface area (Å²) >= 11 is 0. The SMILES string of the molecule is CCC(OCOC(C)=O)OC(c1ccccc1)(c1ccccc1)c1ccccc1. The second-order valence-corrected chi connectivity index (χ2v) is 6.66. The Labute approximate surface area is 172 Å². The maximum absolute atomic E-state index is 11.1. The van der Waals surface area contributed by atoms with Crippen LogP contribution in [0.4, 0.5) is 0 Å². The van der Waals surface area contributed by atoms with Gasteiger partial charge in [0.05, 0.1) is 0 Å². The van der Waals surface area contributed by atoms with Crippen molar-refractivity contribution in [3.05, 3.63) is 108 Å². The van der Waals surface area contributed by atoms with Gasteiger partial charge in [-0.3, -0.25) is 4.79 Å². The van der Waals surface area contributed by atoms with Gasteiger partial charge in [-0.05, 0) is 23.1 Å². The lowest BCUT2D eigenvalue weighted by molar-refractivity contribution is -0.226. The summed E-state index contributed by atoms with van der Waals surface area (Å²) in [6, 6.07) is 30.3. The van der Waals surface area contributed by atoms with E-state index in [1.165, 1.54) is 6.92 Å². The topological polar surface area (TPSA) is 44.8 Å². The highest BCUT2D eigenvalue weighted by atomic mass is 16.8. The van der Waals surface area contributed by atoms with E-state index in [0.717, 1.165) is 16.7 Å². The van der Waals surface area contributed by atoms with Crippen molar-refractivity contribution in [2.45, 2.75) is 32.2 Å². The summed E-state index contributed by atoms with van der Waals surface area (Å²) < 4.78 is 17.4. The van der Waals surface area contributed by atoms with Gasteiger partial charge in [0, 0.05) is 6.92 Å². The molecule has 0 saturated heterocycles. The van der Waals surface area contributed by atoms with Crippen LogP contribution in [-0.4, -0.2) is 19.1 Å². The number of carbonyl (C=O) groups excluding carboxylic acids is 1. The lowest BCUT2D eigenvalue weighted by atomic mass is 9.80. The van der Waals surface area contributed by atoms with E-state index in [9.17, 15) is 4.79 Å². The molecule has 29 heavy (non-hydrogen) atoms. The van der Waals surface area contributed by atoms with Gasteiger partial charge in [-0.15, -0.1) is 0 Å². The van der Waals surface area contributed by atoms with Crippen molar-refractivity contribution in [1.82, 2.24) is 0 Å². The van der Waals surface area contributed by atoms with Crippen molar-refractivity contribution in [3.63, 3.8) is 0 Å². The third kappa shape index (κ3) is 4.91. The molecule has 150 valence electrons. The first-order chi connectivity index (χ1) is 14.2. The first-order valence-electron chi connectivity index (χ1n) is 9.76. The standard InChI is InChI=1S/C25H26O4/c1-3-24(28-19-27-20(2)26)29-25(21-13-7-4-8-14-21,22-15-9-5-10-16-22)23-17-11-6-12-18-23/h4-18,24H,3,19H2,1-2H3. The lowest BCUT2D eigenvalue weighted by Crippen LogP contribution is -2.38. The second kappa shape index (κ2) is 10.0. The van der Waals surface area contributed by atoms with Crippen LogP contribution >= 0.6 is 0 Å². The molecule has 0 amide bonds. The second-order valence-electron chi connectivity index (χ2n) is 6.66. The average Bonchev–Trinajstić information content (AvgIpc) is 2.78. The molecule has 0 fully saturated rings. The van der Waals surface area contributed by atoms with Crippen LogP contribution in [0.25, 0.3) is 0 Å². The molecule has 4 heteroatoms. The van der Waals surface area contributed by atoms with E-state index in [2.05, 4.69) is 36.4 Å². The largest absolute Gasteiger partial charge is 0.439 e. The molecular formula is C25H26O4. The van der Waals surface area contributed by atoms with Gasteiger partial charge >= 0.3 is 5.97 Å². The van der Waals surface area contributed by atoms with Crippen LogP contribution in [0.2, 0.25) is 0 Å². The summed E-state index contributed by atoms with van der Waals surface area (Å²) in [5.74, 6) is -0.389. The van der Waals surface area contributed by atoms with Crippen LogP contribution in [0, 0.1) is 0 Å². The molecular weight excluding hydrogens is 364 g/mol. The van der Waals surface area contributed by atoms with Crippen LogP contribution in [-0.2, 0) is 24.6 Å². The van der Waals surface area contributed by atoms with Gasteiger partial charge in [0.1, 0.15) is 5.60 Å². The normalized spacial score (nSPS) is 12.3. The summed E-state index contributed by atoms with van der Waals surface area (Å²) in [5.41, 5.74) is 2.10. The minimum absolute atomic E-state index is 0.151. The zero-order valence-electron chi connectivity index (χ0n) is 16.8. The fourth-order valence-corrected chi connectivity index (χ4v) is 3.35. The van der Waals surface area contributed by atoms with Gasteiger partial charge in [-0.25, -0.2) is 0 Å². The van der Waals surface area contributed by atoms with E-state index in [4.69, 9.17) is 14.2 Å². The first-order valence-corrected chi connectivity index (χ1v) is 9.76. The summed E-state index contributed by atoms with van der Waals surface area (Å²) in [5, 5.41) is 0. The Morgan fingerprint density at radius 1 is 0.793 bits per heavy atom. The quantitative estimate of drug-likeness (QED) is 0.284. The van der Waals surface area contributed by atoms with Crippen molar-refractivity contribution < 1.29 is 19.0 Å². The minimum Gasteiger partial charge on any atom is -0.439 e. The Bertz CT molecular complexity index is 782. The Hall–Kier alpha value is -2.95. The number of rotatable bonds is 9. The van der Waals surface area contributed by atoms with E-state index in [0.29, 0.717) is 6.42 Å². The van der Waals surface area contributed by atoms with Crippen molar-refractivity contribution in [2.75, 3.05) is 6.79 Å². The van der Waals surface area contributed by atoms with Gasteiger partial charge in [-0.2, -0.15) is 0 Å². The highest BCUT2D eigenvalue weighted by Crippen LogP contribution is 2.41. The zero-order chi connectivity index (χ0) is 20.5. The Morgan fingerprint density at radius 2 is 1.21 bits per heavy atom. The Kier molecular flexibility index (Phi) is 7.17. The van der Waals surface area contributed by atoms with Crippen molar-refractivity contribution in [3.8, 4) is 0 Å². The van der Waals surface area contributed by atoms with Crippen LogP contribution in [0.15, 0.2) is 91.0 Å². The van der Waals surface area contributed by atoms with Gasteiger partial charge in [-0.1, -0.05) is 97.9 Å². The molecule has 0 aromatic heterocycles. The molecule has 0 N–H and O–H groups in total. The predicted octanol–water partition coefficient (Wildman–Crippen LogP) is 5.27. The molecule has 0 aliphatic carbocycles. The highest BCUT2D eigenvalue weighted by Gasteiger charge is 2.39. The molecule has 0 bridgehead atoms. The predicted molar refractivity (Wildman–Crippen MR) is 112 cm³/mol. The minimum atomic E-state index is -0.874. The Morgan fingerprint density at radius 3 is 1.55 bits per heavy atom. The number of ether oxygens (including phenoxy) is 3. The molecule has 3 aromatic carbocycles. The summed E-state index contributed by atoms with van der Waals surface area (Å²) in [4.78, 5) is 11.1. The number of esters is 1. The molecule has 0 radical (unpaired) electrons. The zero-order valence-corrected chi connectivity index (χ0v) is 16.8. The molecule has 1 atom stereocenters. The van der Waals surface area contributed by atoms with Crippen LogP contribution in [0.5, 0.6) is 0 Å². The van der Waals surface area contributed by atoms with Gasteiger partial charge < -0.3 is 14.2 Å². The van der Waals surface area contributed by atoms with E-state index in [1.807, 2.05) is 61.5 Å². The van der Waals surface area contributed by atoms with E-state index in [-0.39, 0.29) is 12.8 Å². The van der Waals surface area contributed by atoms with Crippen LogP contribution in [0.3, 0.4) is 0 Å². The summed E-state index contributed by atoms with van der Waals surface area (Å²) in [6.07, 6.45) is 0.0187. The molecule has 3 aromatic rings. The van der Waals surface area contributed by atoms with E-state index >= 15 is 0 Å². The number of hydrogen-bond acceptors (Lipinski definition) is 4. The maximum atomic E-state index is 11.1. The van der Waals surface area contributed by atoms with Gasteiger partial charge in [0.2, 0.25) is 0 Å². The van der Waals surface area contributed by atoms with Gasteiger partial charge in [0.25, 0.3) is 0 Å². The van der Waals surface area contributed by atoms with Crippen molar-refractivity contribution >= 4 is 5.97 Å². The highest BCUT2D eigenvalue weighted by molar-refractivity contribution is 5.65. The van der Waals surface area contributed by atoms with Crippen LogP contribution in [0.1, 0.15) is 37.0 Å². The van der Waals surface area contributed by atoms with Crippen LogP contribution < -0.4 is 0 Å². The van der Waals surface area contributed by atoms with E-state index in [1.54, 1.807) is 0 Å². The molecule has 0 saturated carbocycles. The average molecular weight is 390 g/mol. The Balaban J connectivity index is 2.10. The molecule has 0 heterocycles.